The molecule has 3 fully saturated rings. The summed E-state index contributed by atoms with van der Waals surface area (Å²) >= 11 is 0. The van der Waals surface area contributed by atoms with Crippen LogP contribution in [0, 0.1) is 13.8 Å². The Hall–Kier alpha value is -2.55. The number of aryl methyl sites for hydroxylation is 2. The van der Waals surface area contributed by atoms with E-state index >= 15 is 0 Å². The zero-order valence-corrected chi connectivity index (χ0v) is 19.7. The Morgan fingerprint density at radius 1 is 0.941 bits per heavy atom. The first kappa shape index (κ1) is 21.9. The van der Waals surface area contributed by atoms with E-state index in [1.807, 2.05) is 24.7 Å². The Morgan fingerprint density at radius 2 is 1.71 bits per heavy atom. The van der Waals surface area contributed by atoms with E-state index < -0.39 is 5.92 Å². The van der Waals surface area contributed by atoms with Crippen LogP contribution in [0.4, 0.5) is 8.78 Å². The van der Waals surface area contributed by atoms with E-state index in [9.17, 15) is 8.78 Å². The number of fused-ring (bicyclic) bond motifs is 1. The Labute approximate surface area is 197 Å². The highest BCUT2D eigenvalue weighted by Crippen LogP contribution is 2.43. The molecule has 1 aliphatic heterocycles. The fourth-order valence-corrected chi connectivity index (χ4v) is 5.25. The predicted molar refractivity (Wildman–Crippen MR) is 122 cm³/mol. The van der Waals surface area contributed by atoms with Crippen LogP contribution in [-0.2, 0) is 4.74 Å². The largest absolute Gasteiger partial charge is 0.373 e. The molecule has 2 aliphatic carbocycles. The summed E-state index contributed by atoms with van der Waals surface area (Å²) in [5, 5.41) is 4.52. The lowest BCUT2D eigenvalue weighted by Crippen LogP contribution is -2.25. The molecular weight excluding hydrogens is 438 g/mol. The molecule has 2 atom stereocenters. The third-order valence-corrected chi connectivity index (χ3v) is 7.65. The van der Waals surface area contributed by atoms with Gasteiger partial charge in [0.15, 0.2) is 5.65 Å². The van der Waals surface area contributed by atoms with Gasteiger partial charge >= 0.3 is 0 Å². The van der Waals surface area contributed by atoms with Crippen molar-refractivity contribution in [2.45, 2.75) is 95.1 Å². The van der Waals surface area contributed by atoms with Crippen LogP contribution in [-0.4, -0.2) is 42.2 Å². The minimum absolute atomic E-state index is 0.0480. The van der Waals surface area contributed by atoms with Crippen LogP contribution < -0.4 is 0 Å². The Kier molecular flexibility index (Phi) is 5.35. The van der Waals surface area contributed by atoms with E-state index in [1.165, 1.54) is 12.8 Å². The van der Waals surface area contributed by atoms with Crippen molar-refractivity contribution in [1.82, 2.24) is 29.7 Å². The van der Waals surface area contributed by atoms with Gasteiger partial charge in [-0.05, 0) is 52.4 Å². The van der Waals surface area contributed by atoms with Crippen LogP contribution in [0.3, 0.4) is 0 Å². The van der Waals surface area contributed by atoms with Gasteiger partial charge in [0.1, 0.15) is 11.3 Å². The van der Waals surface area contributed by atoms with Crippen molar-refractivity contribution in [3.8, 4) is 0 Å². The average molecular weight is 469 g/mol. The van der Waals surface area contributed by atoms with Crippen LogP contribution in [0.2, 0.25) is 0 Å². The third-order valence-electron chi connectivity index (χ3n) is 7.65. The molecule has 9 heteroatoms. The molecule has 0 aromatic carbocycles. The van der Waals surface area contributed by atoms with Gasteiger partial charge in [-0.1, -0.05) is 0 Å². The molecule has 3 aliphatic rings. The van der Waals surface area contributed by atoms with Gasteiger partial charge in [-0.25, -0.2) is 28.7 Å². The SMILES string of the molecule is Cc1nc2nc([C@H]3CCO[C@@H](c4cnn(C5CC5)c4)C3)nc(C3CCC(F)(F)CC3)c2nc1C. The molecule has 7 nitrogen and oxygen atoms in total. The fourth-order valence-electron chi connectivity index (χ4n) is 5.25. The van der Waals surface area contributed by atoms with Crippen molar-refractivity contribution in [2.75, 3.05) is 6.61 Å². The van der Waals surface area contributed by atoms with Gasteiger partial charge in [0.05, 0.1) is 35.4 Å². The van der Waals surface area contributed by atoms with Crippen LogP contribution in [0.5, 0.6) is 0 Å². The van der Waals surface area contributed by atoms with Gasteiger partial charge in [0.2, 0.25) is 5.92 Å². The van der Waals surface area contributed by atoms with E-state index in [-0.39, 0.29) is 30.8 Å². The van der Waals surface area contributed by atoms with Crippen LogP contribution in [0.25, 0.3) is 11.2 Å². The normalized spacial score (nSPS) is 25.6. The zero-order valence-electron chi connectivity index (χ0n) is 19.7. The van der Waals surface area contributed by atoms with Crippen molar-refractivity contribution >= 4 is 11.2 Å². The number of hydrogen-bond donors (Lipinski definition) is 0. The maximum Gasteiger partial charge on any atom is 0.248 e. The molecule has 180 valence electrons. The molecule has 3 aromatic heterocycles. The van der Waals surface area contributed by atoms with Gasteiger partial charge in [0, 0.05) is 43.0 Å². The summed E-state index contributed by atoms with van der Waals surface area (Å²) in [7, 11) is 0. The van der Waals surface area contributed by atoms with Crippen molar-refractivity contribution < 1.29 is 13.5 Å². The van der Waals surface area contributed by atoms with E-state index in [2.05, 4.69) is 11.3 Å². The van der Waals surface area contributed by atoms with Crippen molar-refractivity contribution in [1.29, 1.82) is 0 Å². The van der Waals surface area contributed by atoms with Crippen LogP contribution in [0.15, 0.2) is 12.4 Å². The van der Waals surface area contributed by atoms with Crippen LogP contribution >= 0.6 is 0 Å². The number of ether oxygens (including phenoxy) is 1. The zero-order chi connectivity index (χ0) is 23.4. The maximum absolute atomic E-state index is 13.9. The van der Waals surface area contributed by atoms with Gasteiger partial charge < -0.3 is 4.74 Å². The van der Waals surface area contributed by atoms with Gasteiger partial charge in [-0.3, -0.25) is 4.68 Å². The summed E-state index contributed by atoms with van der Waals surface area (Å²) in [5.41, 5.74) is 4.77. The summed E-state index contributed by atoms with van der Waals surface area (Å²) in [6.45, 7) is 4.46. The summed E-state index contributed by atoms with van der Waals surface area (Å²) in [6, 6.07) is 0.535. The summed E-state index contributed by atoms with van der Waals surface area (Å²) < 4.78 is 35.9. The molecule has 34 heavy (non-hydrogen) atoms. The van der Waals surface area contributed by atoms with Gasteiger partial charge in [0.25, 0.3) is 0 Å². The monoisotopic (exact) mass is 468 g/mol. The average Bonchev–Trinajstić information content (AvgIpc) is 3.56. The number of alkyl halides is 2. The highest BCUT2D eigenvalue weighted by molar-refractivity contribution is 5.73. The van der Waals surface area contributed by atoms with Crippen molar-refractivity contribution in [3.63, 3.8) is 0 Å². The topological polar surface area (TPSA) is 78.6 Å². The first-order valence-corrected chi connectivity index (χ1v) is 12.4. The molecule has 0 spiro atoms. The smallest absolute Gasteiger partial charge is 0.248 e. The van der Waals surface area contributed by atoms with E-state index in [0.29, 0.717) is 36.7 Å². The second-order valence-corrected chi connectivity index (χ2v) is 10.2. The lowest BCUT2D eigenvalue weighted by Gasteiger charge is -2.30. The first-order valence-electron chi connectivity index (χ1n) is 12.4. The summed E-state index contributed by atoms with van der Waals surface area (Å²) in [5.74, 6) is -1.79. The number of rotatable bonds is 4. The predicted octanol–water partition coefficient (Wildman–Crippen LogP) is 5.50. The number of nitrogens with zero attached hydrogens (tertiary/aromatic N) is 6. The molecule has 0 bridgehead atoms. The van der Waals surface area contributed by atoms with Crippen LogP contribution in [0.1, 0.15) is 104 Å². The first-order chi connectivity index (χ1) is 16.4. The Bertz CT molecular complexity index is 1210. The lowest BCUT2D eigenvalue weighted by atomic mass is 9.84. The molecule has 0 radical (unpaired) electrons. The summed E-state index contributed by atoms with van der Waals surface area (Å²) in [6.07, 6.45) is 8.53. The minimum atomic E-state index is -2.58. The van der Waals surface area contributed by atoms with Gasteiger partial charge in [-0.15, -0.1) is 0 Å². The quantitative estimate of drug-likeness (QED) is 0.503. The Balaban J connectivity index is 1.33. The molecular formula is C25H30F2N6O. The Morgan fingerprint density at radius 3 is 2.47 bits per heavy atom. The molecule has 0 unspecified atom stereocenters. The molecule has 0 N–H and O–H groups in total. The van der Waals surface area contributed by atoms with Gasteiger partial charge in [-0.2, -0.15) is 5.10 Å². The second kappa shape index (κ2) is 8.29. The third kappa shape index (κ3) is 4.19. The number of hydrogen-bond acceptors (Lipinski definition) is 6. The number of aromatic nitrogens is 6. The standard InChI is InChI=1S/C25H30F2N6O/c1-14-15(2)30-24-22(29-14)21(16-5-8-25(26,27)9-6-16)31-23(32-24)17-7-10-34-20(11-17)18-12-28-33(13-18)19-3-4-19/h12-13,16-17,19-20H,3-11H2,1-2H3/t17-,20+/m0/s1. The van der Waals surface area contributed by atoms with Crippen molar-refractivity contribution in [3.05, 3.63) is 40.9 Å². The molecule has 1 saturated heterocycles. The number of halogens is 2. The molecule has 3 aromatic rings. The van der Waals surface area contributed by atoms with E-state index in [1.54, 1.807) is 0 Å². The molecule has 0 amide bonds. The lowest BCUT2D eigenvalue weighted by molar-refractivity contribution is -0.0384. The maximum atomic E-state index is 13.9. The highest BCUT2D eigenvalue weighted by atomic mass is 19.3. The summed E-state index contributed by atoms with van der Waals surface area (Å²) in [4.78, 5) is 19.3. The van der Waals surface area contributed by atoms with Crippen molar-refractivity contribution in [2.24, 2.45) is 0 Å². The molecule has 6 rings (SSSR count). The fraction of sp³-hybridized carbons (Fsp3) is 0.640. The van der Waals surface area contributed by atoms with E-state index in [0.717, 1.165) is 41.3 Å². The minimum Gasteiger partial charge on any atom is -0.373 e. The highest BCUT2D eigenvalue weighted by Gasteiger charge is 2.37. The van der Waals surface area contributed by atoms with E-state index in [4.69, 9.17) is 24.7 Å². The second-order valence-electron chi connectivity index (χ2n) is 10.2. The molecule has 4 heterocycles. The molecule has 2 saturated carbocycles.